The molecular weight excluding hydrogens is 144 g/mol. The largest absolute Gasteiger partial charge is 0.395 e. The first-order valence-electron chi connectivity index (χ1n) is 3.76. The van der Waals surface area contributed by atoms with Crippen molar-refractivity contribution < 1.29 is 5.11 Å². The molecule has 0 bridgehead atoms. The number of nitrogens with one attached hydrogen (secondary N) is 1. The molecule has 0 saturated carbocycles. The van der Waals surface area contributed by atoms with Crippen molar-refractivity contribution in [1.82, 2.24) is 5.32 Å². The van der Waals surface area contributed by atoms with Crippen molar-refractivity contribution in [3.63, 3.8) is 0 Å². The van der Waals surface area contributed by atoms with E-state index in [1.54, 1.807) is 0 Å². The van der Waals surface area contributed by atoms with Crippen molar-refractivity contribution in [3.8, 4) is 0 Å². The van der Waals surface area contributed by atoms with E-state index in [2.05, 4.69) is 5.32 Å². The van der Waals surface area contributed by atoms with Gasteiger partial charge in [0, 0.05) is 31.7 Å². The van der Waals surface area contributed by atoms with Gasteiger partial charge in [0.1, 0.15) is 0 Å². The average molecular weight is 162 g/mol. The minimum Gasteiger partial charge on any atom is -0.395 e. The van der Waals surface area contributed by atoms with E-state index in [1.165, 1.54) is 0 Å². The summed E-state index contributed by atoms with van der Waals surface area (Å²) in [6.07, 6.45) is 0. The maximum absolute atomic E-state index is 8.82. The molecule has 2 atom stereocenters. The highest BCUT2D eigenvalue weighted by Crippen LogP contribution is 1.86. The van der Waals surface area contributed by atoms with E-state index in [0.29, 0.717) is 19.6 Å². The highest BCUT2D eigenvalue weighted by atomic mass is 16.3. The molecule has 0 saturated heterocycles. The van der Waals surface area contributed by atoms with Crippen LogP contribution in [0.15, 0.2) is 0 Å². The molecule has 5 nitrogen and oxygen atoms in total. The van der Waals surface area contributed by atoms with Gasteiger partial charge in [-0.3, -0.25) is 0 Å². The van der Waals surface area contributed by atoms with Crippen LogP contribution in [-0.4, -0.2) is 43.4 Å². The second kappa shape index (κ2) is 6.51. The van der Waals surface area contributed by atoms with Gasteiger partial charge in [-0.25, -0.2) is 0 Å². The number of hydrogen-bond acceptors (Lipinski definition) is 5. The molecule has 2 unspecified atom stereocenters. The molecule has 0 aromatic heterocycles. The lowest BCUT2D eigenvalue weighted by atomic mass is 10.1. The van der Waals surface area contributed by atoms with E-state index < -0.39 is 0 Å². The van der Waals surface area contributed by atoms with Gasteiger partial charge < -0.3 is 27.6 Å². The maximum Gasteiger partial charge on any atom is 0.0600 e. The van der Waals surface area contributed by atoms with Crippen molar-refractivity contribution in [3.05, 3.63) is 0 Å². The summed E-state index contributed by atoms with van der Waals surface area (Å²) in [5.41, 5.74) is 16.1. The Hall–Kier alpha value is -0.200. The van der Waals surface area contributed by atoms with Crippen LogP contribution < -0.4 is 22.5 Å². The van der Waals surface area contributed by atoms with Gasteiger partial charge >= 0.3 is 0 Å². The van der Waals surface area contributed by atoms with E-state index in [9.17, 15) is 0 Å². The minimum absolute atomic E-state index is 0.00162. The molecule has 5 heteroatoms. The predicted octanol–water partition coefficient (Wildman–Crippen LogP) is -2.82. The fraction of sp³-hybridized carbons (Fsp3) is 1.00. The fourth-order valence-electron chi connectivity index (χ4n) is 0.784. The molecule has 11 heavy (non-hydrogen) atoms. The topological polar surface area (TPSA) is 110 Å². The Kier molecular flexibility index (Phi) is 6.39. The fourth-order valence-corrected chi connectivity index (χ4v) is 0.784. The van der Waals surface area contributed by atoms with Crippen LogP contribution in [0.4, 0.5) is 0 Å². The van der Waals surface area contributed by atoms with E-state index in [4.69, 9.17) is 22.3 Å². The van der Waals surface area contributed by atoms with Crippen molar-refractivity contribution >= 4 is 0 Å². The molecule has 0 heterocycles. The molecule has 0 aromatic rings. The summed E-state index contributed by atoms with van der Waals surface area (Å²) in [4.78, 5) is 0. The molecule has 68 valence electrons. The molecule has 0 radical (unpaired) electrons. The SMILES string of the molecule is NCCNC(CO)C(N)CN. The number of aliphatic hydroxyl groups is 1. The number of nitrogens with two attached hydrogens (primary N) is 3. The smallest absolute Gasteiger partial charge is 0.0600 e. The Morgan fingerprint density at radius 3 is 2.36 bits per heavy atom. The molecule has 0 amide bonds. The molecule has 0 aliphatic carbocycles. The highest BCUT2D eigenvalue weighted by molar-refractivity contribution is 4.79. The summed E-state index contributed by atoms with van der Waals surface area (Å²) < 4.78 is 0. The van der Waals surface area contributed by atoms with E-state index in [-0.39, 0.29) is 18.7 Å². The van der Waals surface area contributed by atoms with Crippen LogP contribution in [0, 0.1) is 0 Å². The van der Waals surface area contributed by atoms with Gasteiger partial charge in [0.25, 0.3) is 0 Å². The van der Waals surface area contributed by atoms with Crippen molar-refractivity contribution in [2.75, 3.05) is 26.2 Å². The molecule has 0 aliphatic rings. The molecule has 0 fully saturated rings. The van der Waals surface area contributed by atoms with Gasteiger partial charge in [-0.1, -0.05) is 0 Å². The molecule has 0 aromatic carbocycles. The lowest BCUT2D eigenvalue weighted by Crippen LogP contribution is -2.52. The first-order valence-corrected chi connectivity index (χ1v) is 3.76. The zero-order chi connectivity index (χ0) is 8.69. The monoisotopic (exact) mass is 162 g/mol. The number of aliphatic hydroxyl groups excluding tert-OH is 1. The van der Waals surface area contributed by atoms with E-state index >= 15 is 0 Å². The van der Waals surface area contributed by atoms with E-state index in [1.807, 2.05) is 0 Å². The Bertz CT molecular complexity index is 90.7. The number of hydrogen-bond donors (Lipinski definition) is 5. The number of rotatable bonds is 6. The Balaban J connectivity index is 3.56. The summed E-state index contributed by atoms with van der Waals surface area (Å²) in [7, 11) is 0. The standard InChI is InChI=1S/C6H18N4O/c7-1-2-10-6(4-11)5(9)3-8/h5-6,10-11H,1-4,7-9H2. The Morgan fingerprint density at radius 1 is 1.36 bits per heavy atom. The Morgan fingerprint density at radius 2 is 2.00 bits per heavy atom. The van der Waals surface area contributed by atoms with Gasteiger partial charge in [0.15, 0.2) is 0 Å². The first-order chi connectivity index (χ1) is 5.26. The molecule has 0 spiro atoms. The minimum atomic E-state index is -0.202. The van der Waals surface area contributed by atoms with Crippen LogP contribution in [0.25, 0.3) is 0 Å². The molecule has 0 aliphatic heterocycles. The van der Waals surface area contributed by atoms with Gasteiger partial charge in [-0.2, -0.15) is 0 Å². The predicted molar refractivity (Wildman–Crippen MR) is 45.0 cm³/mol. The summed E-state index contributed by atoms with van der Waals surface area (Å²) >= 11 is 0. The molecule has 0 rings (SSSR count). The van der Waals surface area contributed by atoms with Gasteiger partial charge in [0.05, 0.1) is 6.61 Å². The summed E-state index contributed by atoms with van der Waals surface area (Å²) in [5, 5.41) is 11.8. The van der Waals surface area contributed by atoms with Crippen LogP contribution >= 0.6 is 0 Å². The van der Waals surface area contributed by atoms with Crippen LogP contribution in [0.5, 0.6) is 0 Å². The lowest BCUT2D eigenvalue weighted by molar-refractivity contribution is 0.225. The zero-order valence-corrected chi connectivity index (χ0v) is 6.66. The van der Waals surface area contributed by atoms with E-state index in [0.717, 1.165) is 0 Å². The highest BCUT2D eigenvalue weighted by Gasteiger charge is 2.13. The summed E-state index contributed by atoms with van der Waals surface area (Å²) in [5.74, 6) is 0. The van der Waals surface area contributed by atoms with Crippen LogP contribution in [0.3, 0.4) is 0 Å². The van der Waals surface area contributed by atoms with Gasteiger partial charge in [-0.05, 0) is 0 Å². The average Bonchev–Trinajstić information content (AvgIpc) is 2.05. The second-order valence-corrected chi connectivity index (χ2v) is 2.43. The third-order valence-electron chi connectivity index (χ3n) is 1.54. The summed E-state index contributed by atoms with van der Waals surface area (Å²) in [6, 6.07) is -0.338. The van der Waals surface area contributed by atoms with Crippen LogP contribution in [-0.2, 0) is 0 Å². The Labute approximate surface area is 66.9 Å². The third kappa shape index (κ3) is 4.28. The molecular formula is C6H18N4O. The quantitative estimate of drug-likeness (QED) is 0.289. The van der Waals surface area contributed by atoms with Gasteiger partial charge in [-0.15, -0.1) is 0 Å². The zero-order valence-electron chi connectivity index (χ0n) is 6.66. The first kappa shape index (κ1) is 10.8. The van der Waals surface area contributed by atoms with Crippen molar-refractivity contribution in [2.24, 2.45) is 17.2 Å². The normalized spacial score (nSPS) is 16.4. The third-order valence-corrected chi connectivity index (χ3v) is 1.54. The molecule has 8 N–H and O–H groups in total. The van der Waals surface area contributed by atoms with Gasteiger partial charge in [0.2, 0.25) is 0 Å². The van der Waals surface area contributed by atoms with Crippen LogP contribution in [0.2, 0.25) is 0 Å². The lowest BCUT2D eigenvalue weighted by Gasteiger charge is -2.21. The van der Waals surface area contributed by atoms with Crippen molar-refractivity contribution in [2.45, 2.75) is 12.1 Å². The second-order valence-electron chi connectivity index (χ2n) is 2.43. The maximum atomic E-state index is 8.82. The van der Waals surface area contributed by atoms with Crippen molar-refractivity contribution in [1.29, 1.82) is 0 Å². The van der Waals surface area contributed by atoms with Crippen LogP contribution in [0.1, 0.15) is 0 Å². The summed E-state index contributed by atoms with van der Waals surface area (Å²) in [6.45, 7) is 1.55.